The van der Waals surface area contributed by atoms with Crippen LogP contribution in [-0.2, 0) is 11.2 Å². The van der Waals surface area contributed by atoms with Crippen LogP contribution in [0, 0.1) is 0 Å². The van der Waals surface area contributed by atoms with Crippen molar-refractivity contribution in [2.24, 2.45) is 0 Å². The van der Waals surface area contributed by atoms with E-state index in [0.717, 1.165) is 17.9 Å². The van der Waals surface area contributed by atoms with Gasteiger partial charge in [-0.1, -0.05) is 54.6 Å². The van der Waals surface area contributed by atoms with E-state index in [9.17, 15) is 9.90 Å². The molecule has 1 amide bonds. The second-order valence-corrected chi connectivity index (χ2v) is 7.44. The van der Waals surface area contributed by atoms with Crippen molar-refractivity contribution in [2.75, 3.05) is 18.1 Å². The fourth-order valence-corrected chi connectivity index (χ4v) is 4.08. The van der Waals surface area contributed by atoms with Gasteiger partial charge >= 0.3 is 0 Å². The lowest BCUT2D eigenvalue weighted by Gasteiger charge is -2.30. The number of benzene rings is 2. The molecule has 1 aliphatic heterocycles. The maximum atomic E-state index is 12.2. The van der Waals surface area contributed by atoms with Crippen molar-refractivity contribution in [1.82, 2.24) is 5.32 Å². The van der Waals surface area contributed by atoms with Crippen molar-refractivity contribution in [3.05, 3.63) is 60.2 Å². The van der Waals surface area contributed by atoms with E-state index in [0.29, 0.717) is 19.4 Å². The van der Waals surface area contributed by atoms with Crippen molar-refractivity contribution in [3.63, 3.8) is 0 Å². The largest absolute Gasteiger partial charge is 0.380 e. The molecule has 1 saturated heterocycles. The molecule has 0 radical (unpaired) electrons. The zero-order valence-electron chi connectivity index (χ0n) is 13.7. The van der Waals surface area contributed by atoms with E-state index in [2.05, 4.69) is 41.7 Å². The van der Waals surface area contributed by atoms with E-state index in [1.165, 1.54) is 16.7 Å². The number of carbonyl (C=O) groups is 1. The molecular weight excluding hydrogens is 318 g/mol. The van der Waals surface area contributed by atoms with Gasteiger partial charge in [0.2, 0.25) is 0 Å². The van der Waals surface area contributed by atoms with Crippen molar-refractivity contribution in [3.8, 4) is 11.1 Å². The highest BCUT2D eigenvalue weighted by Crippen LogP contribution is 2.27. The van der Waals surface area contributed by atoms with Crippen molar-refractivity contribution in [1.29, 1.82) is 0 Å². The van der Waals surface area contributed by atoms with Crippen LogP contribution in [0.15, 0.2) is 54.6 Å². The average molecular weight is 341 g/mol. The smallest absolute Gasteiger partial charge is 0.252 e. The highest BCUT2D eigenvalue weighted by Gasteiger charge is 2.36. The Morgan fingerprint density at radius 1 is 1.00 bits per heavy atom. The van der Waals surface area contributed by atoms with E-state index >= 15 is 0 Å². The van der Waals surface area contributed by atoms with Gasteiger partial charge in [0.05, 0.1) is 0 Å². The van der Waals surface area contributed by atoms with Gasteiger partial charge < -0.3 is 10.4 Å². The molecule has 2 N–H and O–H groups in total. The summed E-state index contributed by atoms with van der Waals surface area (Å²) >= 11 is 1.79. The molecule has 2 aromatic rings. The summed E-state index contributed by atoms with van der Waals surface area (Å²) < 4.78 is 0. The number of carbonyl (C=O) groups excluding carboxylic acids is 1. The van der Waals surface area contributed by atoms with Crippen LogP contribution >= 0.6 is 11.8 Å². The molecule has 1 fully saturated rings. The second kappa shape index (κ2) is 7.86. The summed E-state index contributed by atoms with van der Waals surface area (Å²) in [5.41, 5.74) is 2.41. The molecule has 3 rings (SSSR count). The van der Waals surface area contributed by atoms with E-state index < -0.39 is 5.60 Å². The monoisotopic (exact) mass is 341 g/mol. The van der Waals surface area contributed by atoms with Gasteiger partial charge in [0.1, 0.15) is 5.60 Å². The lowest BCUT2D eigenvalue weighted by Crippen LogP contribution is -2.49. The van der Waals surface area contributed by atoms with Crippen molar-refractivity contribution < 1.29 is 9.90 Å². The third kappa shape index (κ3) is 4.19. The highest BCUT2D eigenvalue weighted by molar-refractivity contribution is 7.99. The van der Waals surface area contributed by atoms with Crippen molar-refractivity contribution >= 4 is 17.7 Å². The van der Waals surface area contributed by atoms with Gasteiger partial charge in [-0.15, -0.1) is 0 Å². The first-order valence-corrected chi connectivity index (χ1v) is 9.56. The summed E-state index contributed by atoms with van der Waals surface area (Å²) in [6.07, 6.45) is 1.87. The molecule has 0 aromatic heterocycles. The van der Waals surface area contributed by atoms with Crippen LogP contribution in [0.3, 0.4) is 0 Å². The molecule has 0 atom stereocenters. The lowest BCUT2D eigenvalue weighted by atomic mass is 9.95. The molecule has 126 valence electrons. The zero-order chi connectivity index (χ0) is 16.8. The zero-order valence-corrected chi connectivity index (χ0v) is 14.5. The second-order valence-electron chi connectivity index (χ2n) is 6.21. The van der Waals surface area contributed by atoms with Crippen LogP contribution in [-0.4, -0.2) is 34.7 Å². The molecule has 1 heterocycles. The van der Waals surface area contributed by atoms with Crippen LogP contribution in [0.1, 0.15) is 18.4 Å². The minimum absolute atomic E-state index is 0.219. The molecule has 1 aliphatic rings. The van der Waals surface area contributed by atoms with Gasteiger partial charge in [-0.05, 0) is 47.5 Å². The van der Waals surface area contributed by atoms with Crippen LogP contribution in [0.25, 0.3) is 11.1 Å². The molecule has 0 aliphatic carbocycles. The fraction of sp³-hybridized carbons (Fsp3) is 0.350. The first-order valence-electron chi connectivity index (χ1n) is 8.40. The predicted octanol–water partition coefficient (Wildman–Crippen LogP) is 3.27. The molecule has 0 saturated carbocycles. The number of aliphatic hydroxyl groups is 1. The number of rotatable bonds is 5. The molecule has 0 spiro atoms. The number of hydrogen-bond donors (Lipinski definition) is 2. The number of thioether (sulfide) groups is 1. The van der Waals surface area contributed by atoms with Gasteiger partial charge in [-0.25, -0.2) is 0 Å². The SMILES string of the molecule is O=C(NCCc1ccc(-c2ccccc2)cc1)C1(O)CCSCC1. The van der Waals surface area contributed by atoms with E-state index in [4.69, 9.17) is 0 Å². The Hall–Kier alpha value is -1.78. The molecule has 24 heavy (non-hydrogen) atoms. The van der Waals surface area contributed by atoms with Gasteiger partial charge in [0, 0.05) is 6.54 Å². The maximum absolute atomic E-state index is 12.2. The molecule has 0 unspecified atom stereocenters. The van der Waals surface area contributed by atoms with Gasteiger partial charge in [0.25, 0.3) is 5.91 Å². The van der Waals surface area contributed by atoms with Crippen LogP contribution in [0.5, 0.6) is 0 Å². The minimum atomic E-state index is -1.16. The fourth-order valence-electron chi connectivity index (χ4n) is 2.92. The Morgan fingerprint density at radius 2 is 1.62 bits per heavy atom. The minimum Gasteiger partial charge on any atom is -0.380 e. The van der Waals surface area contributed by atoms with Crippen LogP contribution in [0.2, 0.25) is 0 Å². The predicted molar refractivity (Wildman–Crippen MR) is 100 cm³/mol. The topological polar surface area (TPSA) is 49.3 Å². The standard InChI is InChI=1S/C20H23NO2S/c22-19(20(23)11-14-24-15-12-20)21-13-10-16-6-8-18(9-7-16)17-4-2-1-3-5-17/h1-9,23H,10-15H2,(H,21,22). The summed E-state index contributed by atoms with van der Waals surface area (Å²) in [7, 11) is 0. The van der Waals surface area contributed by atoms with E-state index in [1.54, 1.807) is 11.8 Å². The maximum Gasteiger partial charge on any atom is 0.252 e. The first-order chi connectivity index (χ1) is 11.7. The van der Waals surface area contributed by atoms with Gasteiger partial charge in [-0.3, -0.25) is 4.79 Å². The van der Waals surface area contributed by atoms with Crippen LogP contribution in [0.4, 0.5) is 0 Å². The van der Waals surface area contributed by atoms with Gasteiger partial charge in [0.15, 0.2) is 0 Å². The molecule has 0 bridgehead atoms. The summed E-state index contributed by atoms with van der Waals surface area (Å²) in [4.78, 5) is 12.2. The highest BCUT2D eigenvalue weighted by atomic mass is 32.2. The lowest BCUT2D eigenvalue weighted by molar-refractivity contribution is -0.140. The third-order valence-electron chi connectivity index (χ3n) is 4.50. The summed E-state index contributed by atoms with van der Waals surface area (Å²) in [6.45, 7) is 0.555. The number of hydrogen-bond acceptors (Lipinski definition) is 3. The third-order valence-corrected chi connectivity index (χ3v) is 5.49. The van der Waals surface area contributed by atoms with Crippen LogP contribution < -0.4 is 5.32 Å². The Labute approximate surface area is 147 Å². The van der Waals surface area contributed by atoms with E-state index in [1.807, 2.05) is 18.2 Å². The Morgan fingerprint density at radius 3 is 2.29 bits per heavy atom. The normalized spacial score (nSPS) is 16.5. The quantitative estimate of drug-likeness (QED) is 0.877. The molecular formula is C20H23NO2S. The first kappa shape index (κ1) is 17.1. The molecule has 2 aromatic carbocycles. The molecule has 4 heteroatoms. The Kier molecular flexibility index (Phi) is 5.59. The average Bonchev–Trinajstić information content (AvgIpc) is 2.63. The van der Waals surface area contributed by atoms with Crippen molar-refractivity contribution in [2.45, 2.75) is 24.9 Å². The summed E-state index contributed by atoms with van der Waals surface area (Å²) in [5.74, 6) is 1.49. The Balaban J connectivity index is 1.51. The molecule has 3 nitrogen and oxygen atoms in total. The summed E-state index contributed by atoms with van der Waals surface area (Å²) in [6, 6.07) is 18.7. The number of nitrogens with one attached hydrogen (secondary N) is 1. The van der Waals surface area contributed by atoms with Gasteiger partial charge in [-0.2, -0.15) is 11.8 Å². The summed E-state index contributed by atoms with van der Waals surface area (Å²) in [5, 5.41) is 13.3. The number of amides is 1. The Bertz CT molecular complexity index is 664. The van der Waals surface area contributed by atoms with E-state index in [-0.39, 0.29) is 5.91 Å².